The molecule has 0 saturated heterocycles. The number of nitrogens with zero attached hydrogens (tertiary/aromatic N) is 2. The van der Waals surface area contributed by atoms with Crippen LogP contribution in [0.5, 0.6) is 0 Å². The highest BCUT2D eigenvalue weighted by Crippen LogP contribution is 2.28. The van der Waals surface area contributed by atoms with Crippen LogP contribution in [0, 0.1) is 0 Å². The number of anilines is 1. The largest absolute Gasteiger partial charge is 0.451 e. The van der Waals surface area contributed by atoms with Gasteiger partial charge in [0.25, 0.3) is 0 Å². The normalized spacial score (nSPS) is 11.6. The van der Waals surface area contributed by atoms with Crippen LogP contribution in [0.2, 0.25) is 5.15 Å². The maximum absolute atomic E-state index is 12.3. The maximum atomic E-state index is 12.3. The summed E-state index contributed by atoms with van der Waals surface area (Å²) in [6.45, 7) is 2.54. The first-order valence-corrected chi connectivity index (χ1v) is 5.17. The van der Waals surface area contributed by atoms with E-state index in [0.717, 1.165) is 12.8 Å². The number of halogens is 4. The Morgan fingerprint density at radius 2 is 2.06 bits per heavy atom. The zero-order valence-corrected chi connectivity index (χ0v) is 9.36. The van der Waals surface area contributed by atoms with E-state index in [-0.39, 0.29) is 11.0 Å². The van der Waals surface area contributed by atoms with Crippen molar-refractivity contribution in [3.8, 4) is 0 Å². The molecule has 1 aromatic heterocycles. The predicted molar refractivity (Wildman–Crippen MR) is 55.4 cm³/mol. The first-order valence-electron chi connectivity index (χ1n) is 4.79. The standard InChI is InChI=1S/C9H11ClF3N3/c1-2-3-4-14-7-5-6(10)15-8(16-7)9(11,12)13/h5H,2-4H2,1H3,(H,14,15,16). The van der Waals surface area contributed by atoms with Crippen molar-refractivity contribution in [2.75, 3.05) is 11.9 Å². The van der Waals surface area contributed by atoms with Crippen LogP contribution in [0.3, 0.4) is 0 Å². The molecule has 1 rings (SSSR count). The summed E-state index contributed by atoms with van der Waals surface area (Å²) in [5, 5.41) is 2.54. The minimum Gasteiger partial charge on any atom is -0.370 e. The van der Waals surface area contributed by atoms with Crippen LogP contribution in [0.1, 0.15) is 25.6 Å². The lowest BCUT2D eigenvalue weighted by molar-refractivity contribution is -0.144. The molecular formula is C9H11ClF3N3. The van der Waals surface area contributed by atoms with E-state index in [4.69, 9.17) is 11.6 Å². The Kier molecular flexibility index (Phi) is 4.35. The minimum absolute atomic E-state index is 0.0979. The van der Waals surface area contributed by atoms with Crippen LogP contribution in [0.4, 0.5) is 19.0 Å². The van der Waals surface area contributed by atoms with Crippen molar-refractivity contribution in [3.63, 3.8) is 0 Å². The van der Waals surface area contributed by atoms with Crippen LogP contribution in [-0.4, -0.2) is 16.5 Å². The van der Waals surface area contributed by atoms with Crippen molar-refractivity contribution in [1.29, 1.82) is 0 Å². The van der Waals surface area contributed by atoms with E-state index in [0.29, 0.717) is 6.54 Å². The summed E-state index contributed by atoms with van der Waals surface area (Å²) in [5.41, 5.74) is 0. The Hall–Kier alpha value is -1.04. The monoisotopic (exact) mass is 253 g/mol. The number of nitrogens with one attached hydrogen (secondary N) is 1. The van der Waals surface area contributed by atoms with Gasteiger partial charge in [-0.05, 0) is 6.42 Å². The SMILES string of the molecule is CCCCNc1cc(Cl)nc(C(F)(F)F)n1. The molecule has 0 saturated carbocycles. The highest BCUT2D eigenvalue weighted by molar-refractivity contribution is 6.29. The van der Waals surface area contributed by atoms with Gasteiger partial charge < -0.3 is 5.32 Å². The number of hydrogen-bond acceptors (Lipinski definition) is 3. The van der Waals surface area contributed by atoms with Crippen LogP contribution >= 0.6 is 11.6 Å². The molecule has 0 aliphatic rings. The van der Waals surface area contributed by atoms with Crippen LogP contribution < -0.4 is 5.32 Å². The van der Waals surface area contributed by atoms with Crippen molar-refractivity contribution in [1.82, 2.24) is 9.97 Å². The second-order valence-corrected chi connectivity index (χ2v) is 3.56. The summed E-state index contributed by atoms with van der Waals surface area (Å²) in [4.78, 5) is 6.47. The Morgan fingerprint density at radius 1 is 1.38 bits per heavy atom. The van der Waals surface area contributed by atoms with Crippen LogP contribution in [0.25, 0.3) is 0 Å². The molecule has 0 radical (unpaired) electrons. The lowest BCUT2D eigenvalue weighted by Crippen LogP contribution is -2.13. The molecule has 1 N–H and O–H groups in total. The molecule has 0 aromatic carbocycles. The van der Waals surface area contributed by atoms with Gasteiger partial charge in [-0.1, -0.05) is 24.9 Å². The van der Waals surface area contributed by atoms with Gasteiger partial charge in [-0.2, -0.15) is 13.2 Å². The van der Waals surface area contributed by atoms with Gasteiger partial charge in [-0.15, -0.1) is 0 Å². The number of rotatable bonds is 4. The van der Waals surface area contributed by atoms with Gasteiger partial charge in [0.1, 0.15) is 11.0 Å². The van der Waals surface area contributed by atoms with E-state index in [1.807, 2.05) is 6.92 Å². The average molecular weight is 254 g/mol. The van der Waals surface area contributed by atoms with Gasteiger partial charge in [0.05, 0.1) is 0 Å². The number of unbranched alkanes of at least 4 members (excludes halogenated alkanes) is 1. The molecule has 0 amide bonds. The summed E-state index contributed by atoms with van der Waals surface area (Å²) in [7, 11) is 0. The highest BCUT2D eigenvalue weighted by Gasteiger charge is 2.35. The van der Waals surface area contributed by atoms with Crippen LogP contribution in [-0.2, 0) is 6.18 Å². The molecule has 0 aliphatic carbocycles. The Bertz CT molecular complexity index is 354. The summed E-state index contributed by atoms with van der Waals surface area (Å²) in [6, 6.07) is 1.27. The first-order chi connectivity index (χ1) is 7.43. The summed E-state index contributed by atoms with van der Waals surface area (Å²) < 4.78 is 37.0. The molecule has 0 bridgehead atoms. The molecule has 0 spiro atoms. The highest BCUT2D eigenvalue weighted by atomic mass is 35.5. The summed E-state index contributed by atoms with van der Waals surface area (Å²) in [5.74, 6) is -1.13. The van der Waals surface area contributed by atoms with Crippen molar-refractivity contribution >= 4 is 17.4 Å². The first kappa shape index (κ1) is 13.0. The third-order valence-corrected chi connectivity index (χ3v) is 1.98. The topological polar surface area (TPSA) is 37.8 Å². The average Bonchev–Trinajstić information content (AvgIpc) is 2.16. The Morgan fingerprint density at radius 3 is 2.62 bits per heavy atom. The van der Waals surface area contributed by atoms with Gasteiger partial charge in [0.15, 0.2) is 0 Å². The van der Waals surface area contributed by atoms with E-state index in [1.165, 1.54) is 6.07 Å². The maximum Gasteiger partial charge on any atom is 0.451 e. The van der Waals surface area contributed by atoms with Gasteiger partial charge in [-0.25, -0.2) is 9.97 Å². The molecule has 0 unspecified atom stereocenters. The van der Waals surface area contributed by atoms with E-state index >= 15 is 0 Å². The molecule has 0 aliphatic heterocycles. The second kappa shape index (κ2) is 5.34. The minimum atomic E-state index is -4.58. The van der Waals surface area contributed by atoms with Gasteiger partial charge in [0.2, 0.25) is 5.82 Å². The molecule has 16 heavy (non-hydrogen) atoms. The fraction of sp³-hybridized carbons (Fsp3) is 0.556. The van der Waals surface area contributed by atoms with E-state index < -0.39 is 12.0 Å². The summed E-state index contributed by atoms with van der Waals surface area (Å²) >= 11 is 5.48. The zero-order chi connectivity index (χ0) is 12.2. The predicted octanol–water partition coefficient (Wildman–Crippen LogP) is 3.36. The van der Waals surface area contributed by atoms with Crippen molar-refractivity contribution in [3.05, 3.63) is 17.0 Å². The van der Waals surface area contributed by atoms with Crippen molar-refractivity contribution in [2.24, 2.45) is 0 Å². The molecule has 0 atom stereocenters. The molecule has 1 heterocycles. The van der Waals surface area contributed by atoms with E-state index in [1.54, 1.807) is 0 Å². The fourth-order valence-electron chi connectivity index (χ4n) is 1.03. The molecular weight excluding hydrogens is 243 g/mol. The van der Waals surface area contributed by atoms with Crippen molar-refractivity contribution < 1.29 is 13.2 Å². The lowest BCUT2D eigenvalue weighted by Gasteiger charge is -2.09. The third-order valence-electron chi connectivity index (χ3n) is 1.78. The van der Waals surface area contributed by atoms with E-state index in [2.05, 4.69) is 15.3 Å². The smallest absolute Gasteiger partial charge is 0.370 e. The fourth-order valence-corrected chi connectivity index (χ4v) is 1.21. The zero-order valence-electron chi connectivity index (χ0n) is 8.60. The van der Waals surface area contributed by atoms with E-state index in [9.17, 15) is 13.2 Å². The molecule has 1 aromatic rings. The van der Waals surface area contributed by atoms with Gasteiger partial charge >= 0.3 is 6.18 Å². The number of aromatic nitrogens is 2. The number of hydrogen-bond donors (Lipinski definition) is 1. The van der Waals surface area contributed by atoms with Gasteiger partial charge in [-0.3, -0.25) is 0 Å². The third kappa shape index (κ3) is 3.84. The molecule has 0 fully saturated rings. The summed E-state index contributed by atoms with van der Waals surface area (Å²) in [6.07, 6.45) is -2.78. The number of alkyl halides is 3. The molecule has 3 nitrogen and oxygen atoms in total. The Balaban J connectivity index is 2.82. The van der Waals surface area contributed by atoms with Crippen molar-refractivity contribution in [2.45, 2.75) is 25.9 Å². The second-order valence-electron chi connectivity index (χ2n) is 3.18. The molecule has 90 valence electrons. The quantitative estimate of drug-likeness (QED) is 0.660. The molecule has 7 heteroatoms. The van der Waals surface area contributed by atoms with Crippen LogP contribution in [0.15, 0.2) is 6.07 Å². The lowest BCUT2D eigenvalue weighted by atomic mass is 10.3. The van der Waals surface area contributed by atoms with Gasteiger partial charge in [0, 0.05) is 12.6 Å². The Labute approximate surface area is 96.0 Å².